The van der Waals surface area contributed by atoms with Crippen molar-refractivity contribution in [1.29, 1.82) is 0 Å². The maximum atomic E-state index is 11.5. The van der Waals surface area contributed by atoms with Crippen LogP contribution in [0.5, 0.6) is 0 Å². The lowest BCUT2D eigenvalue weighted by Crippen LogP contribution is -2.31. The summed E-state index contributed by atoms with van der Waals surface area (Å²) in [7, 11) is 2.16. The van der Waals surface area contributed by atoms with Crippen LogP contribution in [0.15, 0.2) is 18.2 Å². The molecule has 1 aromatic heterocycles. The third-order valence-electron chi connectivity index (χ3n) is 4.32. The van der Waals surface area contributed by atoms with Gasteiger partial charge in [0.25, 0.3) is 0 Å². The molecule has 2 aromatic rings. The summed E-state index contributed by atoms with van der Waals surface area (Å²) in [5.41, 5.74) is 7.50. The van der Waals surface area contributed by atoms with Crippen LogP contribution in [0.4, 0.5) is 0 Å². The number of likely N-dealkylation sites (N-methyl/N-ethyl adjacent to an activating group) is 1. The number of hydrogen-bond donors (Lipinski definition) is 2. The van der Waals surface area contributed by atoms with Gasteiger partial charge in [0.15, 0.2) is 0 Å². The van der Waals surface area contributed by atoms with Crippen molar-refractivity contribution < 1.29 is 4.79 Å². The molecule has 0 atom stereocenters. The first-order valence-corrected chi connectivity index (χ1v) is 7.38. The third-order valence-corrected chi connectivity index (χ3v) is 4.32. The zero-order valence-electron chi connectivity index (χ0n) is 12.6. The van der Waals surface area contributed by atoms with E-state index < -0.39 is 0 Å². The predicted octanol–water partition coefficient (Wildman–Crippen LogP) is 1.32. The molecule has 0 fully saturated rings. The van der Waals surface area contributed by atoms with Crippen molar-refractivity contribution in [2.75, 3.05) is 13.6 Å². The Labute approximate surface area is 124 Å². The molecule has 1 aliphatic rings. The quantitative estimate of drug-likeness (QED) is 0.508. The van der Waals surface area contributed by atoms with Crippen LogP contribution in [0.25, 0.3) is 10.9 Å². The fraction of sp³-hybridized carbons (Fsp3) is 0.438. The number of hydrazine groups is 1. The molecule has 0 spiro atoms. The van der Waals surface area contributed by atoms with Crippen molar-refractivity contribution in [3.8, 4) is 0 Å². The number of nitrogens with two attached hydrogens (primary N) is 1. The van der Waals surface area contributed by atoms with Gasteiger partial charge in [-0.1, -0.05) is 11.6 Å². The molecule has 0 aliphatic carbocycles. The zero-order chi connectivity index (χ0) is 15.0. The van der Waals surface area contributed by atoms with Gasteiger partial charge >= 0.3 is 0 Å². The fourth-order valence-corrected chi connectivity index (χ4v) is 3.24. The Kier molecular flexibility index (Phi) is 3.69. The molecule has 2 heterocycles. The number of carbonyl (C=O) groups is 1. The van der Waals surface area contributed by atoms with Gasteiger partial charge in [-0.25, -0.2) is 5.84 Å². The van der Waals surface area contributed by atoms with Crippen molar-refractivity contribution >= 4 is 16.8 Å². The maximum Gasteiger partial charge on any atom is 0.235 e. The summed E-state index contributed by atoms with van der Waals surface area (Å²) in [5.74, 6) is 5.06. The number of rotatable bonds is 3. The Balaban J connectivity index is 2.08. The average molecular weight is 286 g/mol. The number of aromatic nitrogens is 1. The number of hydrogen-bond acceptors (Lipinski definition) is 3. The van der Waals surface area contributed by atoms with E-state index in [-0.39, 0.29) is 5.91 Å². The SMILES string of the molecule is Cc1ccc2c(c1)c1c(n2CCC(=O)NN)CCN(C)C1. The molecular weight excluding hydrogens is 264 g/mol. The second-order valence-electron chi connectivity index (χ2n) is 5.90. The van der Waals surface area contributed by atoms with E-state index >= 15 is 0 Å². The highest BCUT2D eigenvalue weighted by Gasteiger charge is 2.22. The van der Waals surface area contributed by atoms with Crippen LogP contribution >= 0.6 is 0 Å². The molecule has 0 saturated carbocycles. The van der Waals surface area contributed by atoms with Crippen LogP contribution in [0.2, 0.25) is 0 Å². The van der Waals surface area contributed by atoms with Crippen molar-refractivity contribution in [3.63, 3.8) is 0 Å². The number of nitrogens with zero attached hydrogens (tertiary/aromatic N) is 2. The molecule has 1 aromatic carbocycles. The predicted molar refractivity (Wildman–Crippen MR) is 83.7 cm³/mol. The summed E-state index contributed by atoms with van der Waals surface area (Å²) in [6.07, 6.45) is 1.44. The fourth-order valence-electron chi connectivity index (χ4n) is 3.24. The Morgan fingerprint density at radius 2 is 2.24 bits per heavy atom. The summed E-state index contributed by atoms with van der Waals surface area (Å²) in [6.45, 7) is 4.84. The van der Waals surface area contributed by atoms with Gasteiger partial charge in [-0.15, -0.1) is 0 Å². The number of amides is 1. The molecule has 0 unspecified atom stereocenters. The van der Waals surface area contributed by atoms with E-state index in [0.29, 0.717) is 13.0 Å². The highest BCUT2D eigenvalue weighted by molar-refractivity contribution is 5.86. The van der Waals surface area contributed by atoms with E-state index in [1.807, 2.05) is 0 Å². The molecule has 112 valence electrons. The molecule has 1 amide bonds. The third kappa shape index (κ3) is 2.54. The van der Waals surface area contributed by atoms with Crippen LogP contribution < -0.4 is 11.3 Å². The molecular formula is C16H22N4O. The van der Waals surface area contributed by atoms with E-state index in [4.69, 9.17) is 5.84 Å². The Morgan fingerprint density at radius 1 is 1.43 bits per heavy atom. The standard InChI is InChI=1S/C16H22N4O/c1-11-3-4-14-12(9-11)13-10-19(2)7-5-15(13)20(14)8-6-16(21)18-17/h3-4,9H,5-8,10,17H2,1-2H3,(H,18,21). The van der Waals surface area contributed by atoms with Crippen molar-refractivity contribution in [1.82, 2.24) is 14.9 Å². The van der Waals surface area contributed by atoms with Gasteiger partial charge in [0.05, 0.1) is 0 Å². The highest BCUT2D eigenvalue weighted by atomic mass is 16.2. The van der Waals surface area contributed by atoms with Gasteiger partial charge in [-0.3, -0.25) is 10.2 Å². The molecule has 0 bridgehead atoms. The van der Waals surface area contributed by atoms with E-state index in [0.717, 1.165) is 19.5 Å². The van der Waals surface area contributed by atoms with Crippen molar-refractivity contribution in [2.24, 2.45) is 5.84 Å². The second kappa shape index (κ2) is 5.50. The summed E-state index contributed by atoms with van der Waals surface area (Å²) >= 11 is 0. The molecule has 1 aliphatic heterocycles. The number of nitrogens with one attached hydrogen (secondary N) is 1. The topological polar surface area (TPSA) is 63.3 Å². The monoisotopic (exact) mass is 286 g/mol. The lowest BCUT2D eigenvalue weighted by molar-refractivity contribution is -0.121. The maximum absolute atomic E-state index is 11.5. The molecule has 3 N–H and O–H groups in total. The normalized spacial score (nSPS) is 15.2. The minimum absolute atomic E-state index is 0.120. The summed E-state index contributed by atoms with van der Waals surface area (Å²) in [5, 5.41) is 1.32. The molecule has 21 heavy (non-hydrogen) atoms. The van der Waals surface area contributed by atoms with Crippen molar-refractivity contribution in [2.45, 2.75) is 32.9 Å². The first-order valence-electron chi connectivity index (χ1n) is 7.38. The molecule has 5 nitrogen and oxygen atoms in total. The van der Waals surface area contributed by atoms with Gasteiger partial charge in [-0.05, 0) is 31.7 Å². The van der Waals surface area contributed by atoms with Gasteiger partial charge in [0, 0.05) is 49.1 Å². The number of fused-ring (bicyclic) bond motifs is 3. The van der Waals surface area contributed by atoms with Crippen molar-refractivity contribution in [3.05, 3.63) is 35.0 Å². The minimum atomic E-state index is -0.120. The summed E-state index contributed by atoms with van der Waals surface area (Å²) < 4.78 is 2.30. The second-order valence-corrected chi connectivity index (χ2v) is 5.90. The highest BCUT2D eigenvalue weighted by Crippen LogP contribution is 2.31. The van der Waals surface area contributed by atoms with Crippen LogP contribution in [0.3, 0.4) is 0 Å². The van der Waals surface area contributed by atoms with Crippen LogP contribution in [0.1, 0.15) is 23.2 Å². The molecule has 0 radical (unpaired) electrons. The van der Waals surface area contributed by atoms with Crippen LogP contribution in [-0.4, -0.2) is 29.0 Å². The minimum Gasteiger partial charge on any atom is -0.344 e. The first kappa shape index (κ1) is 14.1. The van der Waals surface area contributed by atoms with Crippen LogP contribution in [-0.2, 0) is 24.3 Å². The van der Waals surface area contributed by atoms with Gasteiger partial charge in [0.2, 0.25) is 5.91 Å². The van der Waals surface area contributed by atoms with E-state index in [1.54, 1.807) is 0 Å². The number of benzene rings is 1. The summed E-state index contributed by atoms with van der Waals surface area (Å²) in [6, 6.07) is 6.56. The molecule has 3 rings (SSSR count). The van der Waals surface area contributed by atoms with Gasteiger partial charge in [0.1, 0.15) is 0 Å². The summed E-state index contributed by atoms with van der Waals surface area (Å²) in [4.78, 5) is 13.8. The van der Waals surface area contributed by atoms with E-state index in [1.165, 1.54) is 27.7 Å². The van der Waals surface area contributed by atoms with Crippen LogP contribution in [0, 0.1) is 6.92 Å². The Morgan fingerprint density at radius 3 is 3.00 bits per heavy atom. The molecule has 0 saturated heterocycles. The lowest BCUT2D eigenvalue weighted by Gasteiger charge is -2.24. The Hall–Kier alpha value is -1.85. The van der Waals surface area contributed by atoms with Gasteiger partial charge < -0.3 is 9.47 Å². The average Bonchev–Trinajstić information content (AvgIpc) is 2.77. The van der Waals surface area contributed by atoms with E-state index in [9.17, 15) is 4.79 Å². The Bertz CT molecular complexity index is 689. The number of aryl methyl sites for hydroxylation is 2. The number of carbonyl (C=O) groups excluding carboxylic acids is 1. The van der Waals surface area contributed by atoms with Gasteiger partial charge in [-0.2, -0.15) is 0 Å². The lowest BCUT2D eigenvalue weighted by atomic mass is 10.0. The first-order chi connectivity index (χ1) is 10.1. The molecule has 5 heteroatoms. The zero-order valence-corrected chi connectivity index (χ0v) is 12.6. The largest absolute Gasteiger partial charge is 0.344 e. The smallest absolute Gasteiger partial charge is 0.235 e. The van der Waals surface area contributed by atoms with E-state index in [2.05, 4.69) is 47.1 Å².